The standard InChI is InChI=1S/C20H21ClN2O5/c1-2-26-20(25)7-3-6-19(24)23(12-15-5-4-10-27-15)13-18-22-16-11-14(21)8-9-17(16)28-18/h4-5,8-11H,2-3,6-7,12-13H2,1H3. The van der Waals surface area contributed by atoms with E-state index in [2.05, 4.69) is 4.98 Å². The number of halogens is 1. The lowest BCUT2D eigenvalue weighted by Gasteiger charge is -2.20. The molecule has 148 valence electrons. The summed E-state index contributed by atoms with van der Waals surface area (Å²) < 4.78 is 16.0. The van der Waals surface area contributed by atoms with Crippen LogP contribution >= 0.6 is 11.6 Å². The van der Waals surface area contributed by atoms with Crippen LogP contribution in [0.3, 0.4) is 0 Å². The quantitative estimate of drug-likeness (QED) is 0.493. The Morgan fingerprint density at radius 2 is 2.07 bits per heavy atom. The topological polar surface area (TPSA) is 85.8 Å². The van der Waals surface area contributed by atoms with Gasteiger partial charge in [0.1, 0.15) is 11.3 Å². The van der Waals surface area contributed by atoms with Crippen molar-refractivity contribution in [3.63, 3.8) is 0 Å². The van der Waals surface area contributed by atoms with Crippen molar-refractivity contribution >= 4 is 34.6 Å². The van der Waals surface area contributed by atoms with Gasteiger partial charge in [0, 0.05) is 17.9 Å². The summed E-state index contributed by atoms with van der Waals surface area (Å²) in [6, 6.07) is 8.74. The summed E-state index contributed by atoms with van der Waals surface area (Å²) in [7, 11) is 0. The summed E-state index contributed by atoms with van der Waals surface area (Å²) >= 11 is 5.99. The van der Waals surface area contributed by atoms with Crippen LogP contribution in [-0.4, -0.2) is 28.4 Å². The van der Waals surface area contributed by atoms with Crippen LogP contribution < -0.4 is 0 Å². The molecular formula is C20H21ClN2O5. The number of aromatic nitrogens is 1. The van der Waals surface area contributed by atoms with Crippen molar-refractivity contribution in [1.82, 2.24) is 9.88 Å². The fourth-order valence-corrected chi connectivity index (χ4v) is 2.94. The number of esters is 1. The van der Waals surface area contributed by atoms with Gasteiger partial charge < -0.3 is 18.5 Å². The van der Waals surface area contributed by atoms with Gasteiger partial charge in [-0.05, 0) is 43.7 Å². The Labute approximate surface area is 167 Å². The molecule has 1 amide bonds. The van der Waals surface area contributed by atoms with Crippen molar-refractivity contribution < 1.29 is 23.2 Å². The Morgan fingerprint density at radius 3 is 2.82 bits per heavy atom. The minimum atomic E-state index is -0.302. The highest BCUT2D eigenvalue weighted by atomic mass is 35.5. The van der Waals surface area contributed by atoms with Crippen LogP contribution in [0.2, 0.25) is 5.02 Å². The number of benzene rings is 1. The molecule has 0 aliphatic rings. The number of amides is 1. The molecule has 0 saturated carbocycles. The van der Waals surface area contributed by atoms with Crippen molar-refractivity contribution in [2.45, 2.75) is 39.3 Å². The summed E-state index contributed by atoms with van der Waals surface area (Å²) in [5, 5.41) is 0.565. The van der Waals surface area contributed by atoms with Gasteiger partial charge >= 0.3 is 5.97 Å². The van der Waals surface area contributed by atoms with Gasteiger partial charge in [-0.1, -0.05) is 11.6 Å². The van der Waals surface area contributed by atoms with Crippen LogP contribution in [0.15, 0.2) is 45.4 Å². The number of carbonyl (C=O) groups is 2. The number of furan rings is 1. The smallest absolute Gasteiger partial charge is 0.305 e. The average Bonchev–Trinajstić information content (AvgIpc) is 3.30. The summed E-state index contributed by atoms with van der Waals surface area (Å²) in [4.78, 5) is 30.2. The molecule has 7 nitrogen and oxygen atoms in total. The normalized spacial score (nSPS) is 10.9. The van der Waals surface area contributed by atoms with E-state index in [9.17, 15) is 9.59 Å². The second kappa shape index (κ2) is 9.41. The van der Waals surface area contributed by atoms with Gasteiger partial charge in [-0.2, -0.15) is 0 Å². The van der Waals surface area contributed by atoms with Crippen LogP contribution in [0, 0.1) is 0 Å². The second-order valence-corrected chi connectivity index (χ2v) is 6.64. The van der Waals surface area contributed by atoms with E-state index >= 15 is 0 Å². The van der Waals surface area contributed by atoms with Gasteiger partial charge in [-0.3, -0.25) is 9.59 Å². The fraction of sp³-hybridized carbons (Fsp3) is 0.350. The minimum Gasteiger partial charge on any atom is -0.467 e. The zero-order chi connectivity index (χ0) is 19.9. The van der Waals surface area contributed by atoms with Crippen LogP contribution in [-0.2, 0) is 27.4 Å². The van der Waals surface area contributed by atoms with E-state index in [0.29, 0.717) is 40.8 Å². The zero-order valence-corrected chi connectivity index (χ0v) is 16.3. The molecule has 0 saturated heterocycles. The lowest BCUT2D eigenvalue weighted by molar-refractivity contribution is -0.143. The highest BCUT2D eigenvalue weighted by Gasteiger charge is 2.19. The number of hydrogen-bond acceptors (Lipinski definition) is 6. The van der Waals surface area contributed by atoms with Gasteiger partial charge in [0.2, 0.25) is 11.8 Å². The molecule has 8 heteroatoms. The molecule has 0 unspecified atom stereocenters. The van der Waals surface area contributed by atoms with Crippen molar-refractivity contribution in [3.8, 4) is 0 Å². The van der Waals surface area contributed by atoms with E-state index in [0.717, 1.165) is 0 Å². The van der Waals surface area contributed by atoms with E-state index in [4.69, 9.17) is 25.2 Å². The predicted octanol–water partition coefficient (Wildman–Crippen LogP) is 4.34. The molecule has 28 heavy (non-hydrogen) atoms. The maximum absolute atomic E-state index is 12.7. The molecule has 0 spiro atoms. The molecule has 0 N–H and O–H groups in total. The lowest BCUT2D eigenvalue weighted by atomic mass is 10.2. The van der Waals surface area contributed by atoms with Crippen LogP contribution in [0.25, 0.3) is 11.1 Å². The van der Waals surface area contributed by atoms with Crippen LogP contribution in [0.4, 0.5) is 0 Å². The van der Waals surface area contributed by atoms with E-state index in [1.807, 2.05) is 0 Å². The Hall–Kier alpha value is -2.80. The maximum atomic E-state index is 12.7. The van der Waals surface area contributed by atoms with E-state index < -0.39 is 0 Å². The molecule has 2 heterocycles. The Morgan fingerprint density at radius 1 is 1.21 bits per heavy atom. The average molecular weight is 405 g/mol. The Balaban J connectivity index is 1.68. The molecule has 0 atom stereocenters. The zero-order valence-electron chi connectivity index (χ0n) is 15.5. The molecule has 3 aromatic rings. The highest BCUT2D eigenvalue weighted by Crippen LogP contribution is 2.21. The summed E-state index contributed by atoms with van der Waals surface area (Å²) in [6.45, 7) is 2.55. The first-order chi connectivity index (χ1) is 13.5. The number of fused-ring (bicyclic) bond motifs is 1. The van der Waals surface area contributed by atoms with Gasteiger partial charge in [0.15, 0.2) is 5.58 Å². The number of rotatable bonds is 9. The van der Waals surface area contributed by atoms with E-state index in [1.165, 1.54) is 0 Å². The van der Waals surface area contributed by atoms with Crippen LogP contribution in [0.5, 0.6) is 0 Å². The number of oxazole rings is 1. The molecule has 0 aliphatic carbocycles. The molecule has 0 bridgehead atoms. The third kappa shape index (κ3) is 5.36. The SMILES string of the molecule is CCOC(=O)CCCC(=O)N(Cc1ccco1)Cc1nc2cc(Cl)ccc2o1. The van der Waals surface area contributed by atoms with Crippen molar-refractivity contribution in [2.24, 2.45) is 0 Å². The van der Waals surface area contributed by atoms with E-state index in [-0.39, 0.29) is 37.8 Å². The molecule has 1 aromatic carbocycles. The molecule has 2 aromatic heterocycles. The first-order valence-corrected chi connectivity index (χ1v) is 9.43. The minimum absolute atomic E-state index is 0.124. The molecule has 3 rings (SSSR count). The van der Waals surface area contributed by atoms with Crippen molar-refractivity contribution in [2.75, 3.05) is 6.61 Å². The number of hydrogen-bond donors (Lipinski definition) is 0. The Bertz CT molecular complexity index is 935. The van der Waals surface area contributed by atoms with Crippen LogP contribution in [0.1, 0.15) is 37.8 Å². The van der Waals surface area contributed by atoms with Gasteiger partial charge in [-0.15, -0.1) is 0 Å². The monoisotopic (exact) mass is 404 g/mol. The molecular weight excluding hydrogens is 384 g/mol. The van der Waals surface area contributed by atoms with Gasteiger partial charge in [0.05, 0.1) is 26.0 Å². The first kappa shape index (κ1) is 19.9. The maximum Gasteiger partial charge on any atom is 0.305 e. The third-order valence-electron chi connectivity index (χ3n) is 4.08. The van der Waals surface area contributed by atoms with Gasteiger partial charge in [0.25, 0.3) is 0 Å². The first-order valence-electron chi connectivity index (χ1n) is 9.06. The largest absolute Gasteiger partial charge is 0.467 e. The molecule has 0 radical (unpaired) electrons. The van der Waals surface area contributed by atoms with Crippen molar-refractivity contribution in [1.29, 1.82) is 0 Å². The summed E-state index contributed by atoms with van der Waals surface area (Å²) in [5.41, 5.74) is 1.24. The summed E-state index contributed by atoms with van der Waals surface area (Å²) in [6.07, 6.45) is 2.39. The van der Waals surface area contributed by atoms with E-state index in [1.54, 1.807) is 48.4 Å². The third-order valence-corrected chi connectivity index (χ3v) is 4.31. The predicted molar refractivity (Wildman–Crippen MR) is 102 cm³/mol. The number of nitrogens with zero attached hydrogens (tertiary/aromatic N) is 2. The molecule has 0 fully saturated rings. The van der Waals surface area contributed by atoms with Crippen molar-refractivity contribution in [3.05, 3.63) is 53.3 Å². The fourth-order valence-electron chi connectivity index (χ4n) is 2.78. The lowest BCUT2D eigenvalue weighted by Crippen LogP contribution is -2.30. The Kier molecular flexibility index (Phi) is 6.71. The number of ether oxygens (including phenoxy) is 1. The number of carbonyl (C=O) groups excluding carboxylic acids is 2. The second-order valence-electron chi connectivity index (χ2n) is 6.21. The summed E-state index contributed by atoms with van der Waals surface area (Å²) in [5.74, 6) is 0.630. The molecule has 0 aliphatic heterocycles. The highest BCUT2D eigenvalue weighted by molar-refractivity contribution is 6.31. The van der Waals surface area contributed by atoms with Gasteiger partial charge in [-0.25, -0.2) is 4.98 Å².